The van der Waals surface area contributed by atoms with Gasteiger partial charge in [-0.05, 0) is 35.9 Å². The van der Waals surface area contributed by atoms with Gasteiger partial charge in [0.15, 0.2) is 0 Å². The number of hydrogen-bond acceptors (Lipinski definition) is 2. The molecule has 0 saturated carbocycles. The zero-order chi connectivity index (χ0) is 13.2. The maximum absolute atomic E-state index is 13.3. The lowest BCUT2D eigenvalue weighted by Gasteiger charge is -2.32. The van der Waals surface area contributed by atoms with Crippen LogP contribution in [0.5, 0.6) is 0 Å². The van der Waals surface area contributed by atoms with Gasteiger partial charge in [0.25, 0.3) is 0 Å². The van der Waals surface area contributed by atoms with Crippen molar-refractivity contribution in [1.82, 2.24) is 0 Å². The third-order valence-electron chi connectivity index (χ3n) is 3.31. The monoisotopic (exact) mass is 276 g/mol. The average molecular weight is 277 g/mol. The second-order valence-corrected chi connectivity index (χ2v) is 5.01. The van der Waals surface area contributed by atoms with Crippen LogP contribution in [0.2, 0.25) is 5.02 Å². The van der Waals surface area contributed by atoms with Crippen LogP contribution >= 0.6 is 11.6 Å². The van der Waals surface area contributed by atoms with E-state index < -0.39 is 0 Å². The number of anilines is 2. The van der Waals surface area contributed by atoms with Crippen LogP contribution in [0.25, 0.3) is 0 Å². The van der Waals surface area contributed by atoms with Gasteiger partial charge in [-0.1, -0.05) is 23.7 Å². The molecule has 0 saturated heterocycles. The minimum Gasteiger partial charge on any atom is -0.382 e. The largest absolute Gasteiger partial charge is 0.382 e. The fraction of sp³-hybridized carbons (Fsp3) is 0.200. The molecule has 1 heterocycles. The van der Waals surface area contributed by atoms with Crippen LogP contribution in [0.4, 0.5) is 15.8 Å². The second-order valence-electron chi connectivity index (χ2n) is 4.60. The molecule has 0 atom stereocenters. The molecule has 4 heteroatoms. The Morgan fingerprint density at radius 2 is 2.05 bits per heavy atom. The van der Waals surface area contributed by atoms with E-state index in [0.29, 0.717) is 11.6 Å². The molecule has 1 aliphatic heterocycles. The molecule has 0 unspecified atom stereocenters. The van der Waals surface area contributed by atoms with Gasteiger partial charge in [0.1, 0.15) is 5.82 Å². The molecule has 0 bridgehead atoms. The maximum atomic E-state index is 13.3. The second kappa shape index (κ2) is 5.10. The normalized spacial score (nSPS) is 13.9. The number of fused-ring (bicyclic) bond motifs is 1. The number of benzene rings is 2. The molecule has 0 fully saturated rings. The summed E-state index contributed by atoms with van der Waals surface area (Å²) in [6.45, 7) is 2.38. The van der Waals surface area contributed by atoms with Gasteiger partial charge < -0.3 is 10.2 Å². The van der Waals surface area contributed by atoms with Crippen molar-refractivity contribution >= 4 is 23.0 Å². The van der Waals surface area contributed by atoms with Crippen molar-refractivity contribution in [3.05, 3.63) is 58.9 Å². The molecule has 1 aliphatic rings. The molecule has 19 heavy (non-hydrogen) atoms. The maximum Gasteiger partial charge on any atom is 0.123 e. The van der Waals surface area contributed by atoms with Gasteiger partial charge in [-0.15, -0.1) is 0 Å². The Kier molecular flexibility index (Phi) is 3.30. The first-order valence-electron chi connectivity index (χ1n) is 6.26. The molecular formula is C15H14ClFN2. The lowest BCUT2D eigenvalue weighted by molar-refractivity contribution is 0.624. The van der Waals surface area contributed by atoms with Crippen LogP contribution in [-0.2, 0) is 6.54 Å². The highest BCUT2D eigenvalue weighted by Gasteiger charge is 2.17. The van der Waals surface area contributed by atoms with Gasteiger partial charge in [-0.2, -0.15) is 0 Å². The number of para-hydroxylation sites is 2. The van der Waals surface area contributed by atoms with Crippen LogP contribution < -0.4 is 10.2 Å². The summed E-state index contributed by atoms with van der Waals surface area (Å²) >= 11 is 6.13. The number of hydrogen-bond donors (Lipinski definition) is 1. The van der Waals surface area contributed by atoms with Gasteiger partial charge in [-0.25, -0.2) is 4.39 Å². The zero-order valence-corrected chi connectivity index (χ0v) is 11.1. The van der Waals surface area contributed by atoms with E-state index in [-0.39, 0.29) is 5.82 Å². The van der Waals surface area contributed by atoms with Gasteiger partial charge >= 0.3 is 0 Å². The summed E-state index contributed by atoms with van der Waals surface area (Å²) in [5, 5.41) is 3.96. The Bertz CT molecular complexity index is 600. The lowest BCUT2D eigenvalue weighted by atomic mass is 10.1. The number of nitrogens with zero attached hydrogens (tertiary/aromatic N) is 1. The Morgan fingerprint density at radius 1 is 1.21 bits per heavy atom. The highest BCUT2D eigenvalue weighted by Crippen LogP contribution is 2.30. The molecule has 0 amide bonds. The Labute approximate surface area is 116 Å². The van der Waals surface area contributed by atoms with Crippen molar-refractivity contribution in [2.75, 3.05) is 23.3 Å². The minimum absolute atomic E-state index is 0.247. The first kappa shape index (κ1) is 12.3. The van der Waals surface area contributed by atoms with Crippen molar-refractivity contribution in [1.29, 1.82) is 0 Å². The van der Waals surface area contributed by atoms with Gasteiger partial charge in [0.05, 0.1) is 11.4 Å². The Morgan fingerprint density at radius 3 is 2.95 bits per heavy atom. The molecule has 2 nitrogen and oxygen atoms in total. The number of halogens is 2. The van der Waals surface area contributed by atoms with Crippen molar-refractivity contribution in [2.45, 2.75) is 6.54 Å². The topological polar surface area (TPSA) is 15.3 Å². The number of rotatable bonds is 2. The summed E-state index contributed by atoms with van der Waals surface area (Å²) in [7, 11) is 0. The molecule has 0 aromatic heterocycles. The van der Waals surface area contributed by atoms with E-state index in [9.17, 15) is 4.39 Å². The molecule has 3 rings (SSSR count). The Balaban J connectivity index is 1.90. The third kappa shape index (κ3) is 2.51. The minimum atomic E-state index is -0.247. The lowest BCUT2D eigenvalue weighted by Crippen LogP contribution is -2.33. The summed E-state index contributed by atoms with van der Waals surface area (Å²) in [5.74, 6) is -0.247. The molecule has 0 radical (unpaired) electrons. The predicted octanol–water partition coefficient (Wildman–Crippen LogP) is 3.91. The average Bonchev–Trinajstić information content (AvgIpc) is 2.43. The smallest absolute Gasteiger partial charge is 0.123 e. The highest BCUT2D eigenvalue weighted by atomic mass is 35.5. The van der Waals surface area contributed by atoms with E-state index in [1.165, 1.54) is 12.1 Å². The first-order chi connectivity index (χ1) is 9.24. The van der Waals surface area contributed by atoms with E-state index in [0.717, 1.165) is 30.0 Å². The molecule has 2 aromatic rings. The van der Waals surface area contributed by atoms with E-state index in [2.05, 4.69) is 22.3 Å². The molecule has 0 aliphatic carbocycles. The van der Waals surface area contributed by atoms with Crippen molar-refractivity contribution < 1.29 is 4.39 Å². The summed E-state index contributed by atoms with van der Waals surface area (Å²) in [4.78, 5) is 2.21. The molecule has 1 N–H and O–H groups in total. The third-order valence-corrected chi connectivity index (χ3v) is 3.68. The highest BCUT2D eigenvalue weighted by molar-refractivity contribution is 6.31. The number of nitrogens with one attached hydrogen (secondary N) is 1. The van der Waals surface area contributed by atoms with Crippen molar-refractivity contribution in [3.63, 3.8) is 0 Å². The van der Waals surface area contributed by atoms with Crippen LogP contribution in [0.15, 0.2) is 42.5 Å². The standard InChI is InChI=1S/C15H14ClFN2/c16-13-6-5-12(17)9-11(13)10-19-8-7-18-14-3-1-2-4-15(14)19/h1-6,9,18H,7-8,10H2. The van der Waals surface area contributed by atoms with E-state index in [1.807, 2.05) is 12.1 Å². The summed E-state index contributed by atoms with van der Waals surface area (Å²) in [5.41, 5.74) is 3.06. The van der Waals surface area contributed by atoms with Gasteiger partial charge in [-0.3, -0.25) is 0 Å². The molecular weight excluding hydrogens is 263 g/mol. The fourth-order valence-corrected chi connectivity index (χ4v) is 2.56. The van der Waals surface area contributed by atoms with Crippen molar-refractivity contribution in [2.24, 2.45) is 0 Å². The summed E-state index contributed by atoms with van der Waals surface area (Å²) in [6, 6.07) is 12.6. The predicted molar refractivity (Wildman–Crippen MR) is 77.4 cm³/mol. The fourth-order valence-electron chi connectivity index (χ4n) is 2.38. The van der Waals surface area contributed by atoms with Crippen LogP contribution in [0.3, 0.4) is 0 Å². The van der Waals surface area contributed by atoms with Crippen LogP contribution in [-0.4, -0.2) is 13.1 Å². The summed E-state index contributed by atoms with van der Waals surface area (Å²) in [6.07, 6.45) is 0. The molecule has 98 valence electrons. The van der Waals surface area contributed by atoms with E-state index in [4.69, 9.17) is 11.6 Å². The van der Waals surface area contributed by atoms with E-state index >= 15 is 0 Å². The summed E-state index contributed by atoms with van der Waals surface area (Å²) < 4.78 is 13.3. The Hall–Kier alpha value is -1.74. The van der Waals surface area contributed by atoms with Gasteiger partial charge in [0.2, 0.25) is 0 Å². The van der Waals surface area contributed by atoms with Crippen LogP contribution in [0.1, 0.15) is 5.56 Å². The SMILES string of the molecule is Fc1ccc(Cl)c(CN2CCNc3ccccc32)c1. The van der Waals surface area contributed by atoms with Gasteiger partial charge in [0, 0.05) is 24.7 Å². The van der Waals surface area contributed by atoms with E-state index in [1.54, 1.807) is 6.07 Å². The molecule has 0 spiro atoms. The quantitative estimate of drug-likeness (QED) is 0.895. The zero-order valence-electron chi connectivity index (χ0n) is 10.4. The van der Waals surface area contributed by atoms with Crippen LogP contribution in [0, 0.1) is 5.82 Å². The molecule has 2 aromatic carbocycles. The first-order valence-corrected chi connectivity index (χ1v) is 6.63. The van der Waals surface area contributed by atoms with Crippen molar-refractivity contribution in [3.8, 4) is 0 Å².